The highest BCUT2D eigenvalue weighted by molar-refractivity contribution is 5.66. The van der Waals surface area contributed by atoms with Crippen molar-refractivity contribution in [2.45, 2.75) is 12.5 Å². The van der Waals surface area contributed by atoms with Gasteiger partial charge in [0.25, 0.3) is 0 Å². The normalized spacial score (nSPS) is 27.9. The lowest BCUT2D eigenvalue weighted by Crippen LogP contribution is -2.24. The van der Waals surface area contributed by atoms with E-state index in [2.05, 4.69) is 0 Å². The molecule has 0 spiro atoms. The molecule has 1 saturated carbocycles. The maximum atomic E-state index is 10.8. The van der Waals surface area contributed by atoms with Gasteiger partial charge in [-0.05, 0) is 6.42 Å². The number of carbonyl (C=O) groups excluding carboxylic acids is 1. The van der Waals surface area contributed by atoms with Crippen molar-refractivity contribution in [3.05, 3.63) is 0 Å². The van der Waals surface area contributed by atoms with Crippen molar-refractivity contribution in [3.63, 3.8) is 0 Å². The Hall–Kier alpha value is -0.770. The van der Waals surface area contributed by atoms with Gasteiger partial charge >= 0.3 is 6.09 Å². The lowest BCUT2D eigenvalue weighted by atomic mass is 10.4. The third-order valence-corrected chi connectivity index (χ3v) is 1.76. The molecule has 0 aromatic heterocycles. The highest BCUT2D eigenvalue weighted by Crippen LogP contribution is 2.27. The van der Waals surface area contributed by atoms with Gasteiger partial charge in [-0.2, -0.15) is 0 Å². The molecule has 1 rings (SSSR count). The molecule has 1 fully saturated rings. The number of rotatable bonds is 2. The van der Waals surface area contributed by atoms with Gasteiger partial charge in [-0.15, -0.1) is 0 Å². The van der Waals surface area contributed by atoms with E-state index >= 15 is 0 Å². The fraction of sp³-hybridized carbons (Fsp3) is 0.857. The average molecular weight is 158 g/mol. The first-order valence-electron chi connectivity index (χ1n) is 3.71. The molecule has 0 unspecified atom stereocenters. The van der Waals surface area contributed by atoms with Crippen LogP contribution in [0.1, 0.15) is 6.42 Å². The summed E-state index contributed by atoms with van der Waals surface area (Å²) < 4.78 is 4.90. The molecule has 0 aromatic rings. The van der Waals surface area contributed by atoms with Gasteiger partial charge in [0.1, 0.15) is 0 Å². The van der Waals surface area contributed by atoms with Crippen LogP contribution in [-0.2, 0) is 4.74 Å². The first-order chi connectivity index (χ1) is 5.11. The topological polar surface area (TPSA) is 55.6 Å². The standard InChI is InChI=1S/C7H14N2O2/c1-9(2)7(10)11-4-5-3-6(5)8/h5-6H,3-4,8H2,1-2H3/t5-,6-/m1/s1. The summed E-state index contributed by atoms with van der Waals surface area (Å²) in [6.07, 6.45) is 0.699. The molecule has 0 radical (unpaired) electrons. The second-order valence-electron chi connectivity index (χ2n) is 3.13. The minimum absolute atomic E-state index is 0.255. The molecule has 0 bridgehead atoms. The zero-order valence-electron chi connectivity index (χ0n) is 6.91. The number of hydrogen-bond donors (Lipinski definition) is 1. The summed E-state index contributed by atoms with van der Waals surface area (Å²) in [6, 6.07) is 0.255. The fourth-order valence-corrected chi connectivity index (χ4v) is 0.770. The molecule has 1 aliphatic carbocycles. The molecule has 11 heavy (non-hydrogen) atoms. The van der Waals surface area contributed by atoms with E-state index in [4.69, 9.17) is 10.5 Å². The highest BCUT2D eigenvalue weighted by Gasteiger charge is 2.34. The van der Waals surface area contributed by atoms with Crippen LogP contribution in [-0.4, -0.2) is 37.7 Å². The number of amides is 1. The number of nitrogens with two attached hydrogens (primary N) is 1. The highest BCUT2D eigenvalue weighted by atomic mass is 16.6. The second kappa shape index (κ2) is 3.09. The summed E-state index contributed by atoms with van der Waals surface area (Å²) in [5.41, 5.74) is 5.52. The van der Waals surface area contributed by atoms with Gasteiger partial charge in [0, 0.05) is 26.1 Å². The van der Waals surface area contributed by atoms with Gasteiger partial charge in [-0.1, -0.05) is 0 Å². The lowest BCUT2D eigenvalue weighted by molar-refractivity contribution is 0.113. The fourth-order valence-electron chi connectivity index (χ4n) is 0.770. The van der Waals surface area contributed by atoms with Crippen LogP contribution in [0.15, 0.2) is 0 Å². The van der Waals surface area contributed by atoms with E-state index in [9.17, 15) is 4.79 Å². The van der Waals surface area contributed by atoms with E-state index in [1.54, 1.807) is 14.1 Å². The Kier molecular flexibility index (Phi) is 2.34. The minimum Gasteiger partial charge on any atom is -0.449 e. The molecule has 0 aromatic carbocycles. The Bertz CT molecular complexity index is 159. The zero-order chi connectivity index (χ0) is 8.43. The molecular formula is C7H14N2O2. The third-order valence-electron chi connectivity index (χ3n) is 1.76. The number of ether oxygens (including phenoxy) is 1. The third kappa shape index (κ3) is 2.38. The Labute approximate surface area is 66.3 Å². The summed E-state index contributed by atoms with van der Waals surface area (Å²) in [5, 5.41) is 0. The van der Waals surface area contributed by atoms with Crippen molar-refractivity contribution in [3.8, 4) is 0 Å². The maximum Gasteiger partial charge on any atom is 0.409 e. The quantitative estimate of drug-likeness (QED) is 0.617. The molecule has 0 heterocycles. The molecule has 2 N–H and O–H groups in total. The van der Waals surface area contributed by atoms with Crippen molar-refractivity contribution >= 4 is 6.09 Å². The smallest absolute Gasteiger partial charge is 0.409 e. The number of hydrogen-bond acceptors (Lipinski definition) is 3. The van der Waals surface area contributed by atoms with Gasteiger partial charge in [0.15, 0.2) is 0 Å². The van der Waals surface area contributed by atoms with Gasteiger partial charge in [-0.3, -0.25) is 0 Å². The molecule has 0 aliphatic heterocycles. The van der Waals surface area contributed by atoms with Crippen molar-refractivity contribution in [2.75, 3.05) is 20.7 Å². The van der Waals surface area contributed by atoms with Gasteiger partial charge in [-0.25, -0.2) is 4.79 Å². The zero-order valence-corrected chi connectivity index (χ0v) is 6.91. The van der Waals surface area contributed by atoms with Crippen LogP contribution >= 0.6 is 0 Å². The van der Waals surface area contributed by atoms with Crippen LogP contribution in [0.5, 0.6) is 0 Å². The molecule has 0 saturated heterocycles. The predicted molar refractivity (Wildman–Crippen MR) is 41.1 cm³/mol. The van der Waals surface area contributed by atoms with Gasteiger partial charge in [0.2, 0.25) is 0 Å². The van der Waals surface area contributed by atoms with E-state index < -0.39 is 0 Å². The summed E-state index contributed by atoms with van der Waals surface area (Å²) in [4.78, 5) is 12.3. The Morgan fingerprint density at radius 2 is 2.27 bits per heavy atom. The molecular weight excluding hydrogens is 144 g/mol. The monoisotopic (exact) mass is 158 g/mol. The molecule has 1 aliphatic rings. The van der Waals surface area contributed by atoms with Crippen LogP contribution in [0.4, 0.5) is 4.79 Å². The SMILES string of the molecule is CN(C)C(=O)OC[C@H]1C[C@H]1N. The average Bonchev–Trinajstić information content (AvgIpc) is 2.61. The lowest BCUT2D eigenvalue weighted by Gasteiger charge is -2.10. The van der Waals surface area contributed by atoms with Crippen molar-refractivity contribution in [1.29, 1.82) is 0 Å². The molecule has 64 valence electrons. The van der Waals surface area contributed by atoms with Gasteiger partial charge < -0.3 is 15.4 Å². The van der Waals surface area contributed by atoms with E-state index in [0.29, 0.717) is 12.5 Å². The van der Waals surface area contributed by atoms with Crippen LogP contribution in [0.2, 0.25) is 0 Å². The summed E-state index contributed by atoms with van der Waals surface area (Å²) in [6.45, 7) is 0.470. The van der Waals surface area contributed by atoms with Crippen LogP contribution in [0, 0.1) is 5.92 Å². The second-order valence-corrected chi connectivity index (χ2v) is 3.13. The predicted octanol–water partition coefficient (Wildman–Crippen LogP) is 0.0318. The van der Waals surface area contributed by atoms with Crippen molar-refractivity contribution < 1.29 is 9.53 Å². The van der Waals surface area contributed by atoms with Gasteiger partial charge in [0.05, 0.1) is 6.61 Å². The molecule has 2 atom stereocenters. The van der Waals surface area contributed by atoms with Crippen molar-refractivity contribution in [2.24, 2.45) is 11.7 Å². The minimum atomic E-state index is -0.288. The molecule has 4 heteroatoms. The Morgan fingerprint density at radius 3 is 2.64 bits per heavy atom. The number of carbonyl (C=O) groups is 1. The van der Waals surface area contributed by atoms with Crippen molar-refractivity contribution in [1.82, 2.24) is 4.90 Å². The first kappa shape index (κ1) is 8.33. The van der Waals surface area contributed by atoms with Crippen LogP contribution in [0.3, 0.4) is 0 Å². The molecule has 1 amide bonds. The Balaban J connectivity index is 2.07. The number of nitrogens with zero attached hydrogens (tertiary/aromatic N) is 1. The van der Waals surface area contributed by atoms with Crippen LogP contribution in [0.25, 0.3) is 0 Å². The summed E-state index contributed by atoms with van der Waals surface area (Å²) >= 11 is 0. The largest absolute Gasteiger partial charge is 0.449 e. The van der Waals surface area contributed by atoms with E-state index in [-0.39, 0.29) is 12.1 Å². The summed E-state index contributed by atoms with van der Waals surface area (Å²) in [7, 11) is 3.32. The summed E-state index contributed by atoms with van der Waals surface area (Å²) in [5.74, 6) is 0.402. The van der Waals surface area contributed by atoms with E-state index in [1.165, 1.54) is 4.90 Å². The van der Waals surface area contributed by atoms with E-state index in [0.717, 1.165) is 6.42 Å². The van der Waals surface area contributed by atoms with Crippen LogP contribution < -0.4 is 5.73 Å². The first-order valence-corrected chi connectivity index (χ1v) is 3.71. The van der Waals surface area contributed by atoms with E-state index in [1.807, 2.05) is 0 Å². The maximum absolute atomic E-state index is 10.8. The Morgan fingerprint density at radius 1 is 1.73 bits per heavy atom. The molecule has 4 nitrogen and oxygen atoms in total.